The van der Waals surface area contributed by atoms with E-state index in [0.29, 0.717) is 5.92 Å². The van der Waals surface area contributed by atoms with Gasteiger partial charge >= 0.3 is 0 Å². The predicted octanol–water partition coefficient (Wildman–Crippen LogP) is 17.0. The highest BCUT2D eigenvalue weighted by Crippen LogP contribution is 2.59. The van der Waals surface area contributed by atoms with Gasteiger partial charge in [0.25, 0.3) is 0 Å². The third-order valence-corrected chi connectivity index (χ3v) is 14.0. The monoisotopic (exact) mass is 891 g/mol. The number of nitrogens with one attached hydrogen (secondary N) is 2. The first-order valence-electron chi connectivity index (χ1n) is 23.0. The van der Waals surface area contributed by atoms with Gasteiger partial charge in [-0.15, -0.1) is 11.3 Å². The molecule has 0 bridgehead atoms. The van der Waals surface area contributed by atoms with Gasteiger partial charge in [0, 0.05) is 73.3 Å². The Balaban J connectivity index is 0.000000170. The van der Waals surface area contributed by atoms with Crippen LogP contribution in [0.5, 0.6) is 0 Å². The van der Waals surface area contributed by atoms with Gasteiger partial charge in [0.1, 0.15) is 0 Å². The Hall–Kier alpha value is -7.67. The molecule has 6 heteroatoms. The lowest BCUT2D eigenvalue weighted by atomic mass is 9.87. The molecule has 0 fully saturated rings. The summed E-state index contributed by atoms with van der Waals surface area (Å²) in [6.45, 7) is 18.6. The summed E-state index contributed by atoms with van der Waals surface area (Å²) >= 11 is 1.92. The van der Waals surface area contributed by atoms with Crippen LogP contribution >= 0.6 is 11.3 Å². The van der Waals surface area contributed by atoms with Crippen LogP contribution < -0.4 is 0 Å². The summed E-state index contributed by atoms with van der Waals surface area (Å²) in [6.07, 6.45) is 20.3. The molecule has 67 heavy (non-hydrogen) atoms. The van der Waals surface area contributed by atoms with Crippen LogP contribution in [0.4, 0.5) is 0 Å². The van der Waals surface area contributed by atoms with E-state index in [2.05, 4.69) is 187 Å². The summed E-state index contributed by atoms with van der Waals surface area (Å²) in [5, 5.41) is 2.51. The van der Waals surface area contributed by atoms with Gasteiger partial charge in [-0.1, -0.05) is 167 Å². The second-order valence-electron chi connectivity index (χ2n) is 16.2. The molecule has 5 nitrogen and oxygen atoms in total. The zero-order chi connectivity index (χ0) is 47.0. The van der Waals surface area contributed by atoms with Gasteiger partial charge < -0.3 is 9.13 Å². The molecule has 5 aromatic carbocycles. The normalized spacial score (nSPS) is 14.4. The minimum atomic E-state index is 0.542. The van der Waals surface area contributed by atoms with Crippen molar-refractivity contribution in [2.45, 2.75) is 33.6 Å². The summed E-state index contributed by atoms with van der Waals surface area (Å²) in [5.41, 5.74) is 31.0. The Kier molecular flexibility index (Phi) is 14.1. The van der Waals surface area contributed by atoms with Crippen molar-refractivity contribution < 1.29 is 0 Å². The van der Waals surface area contributed by atoms with Crippen LogP contribution in [-0.4, -0.2) is 21.9 Å². The minimum absolute atomic E-state index is 0.542. The smallest absolute Gasteiger partial charge is 0.0654 e. The van der Waals surface area contributed by atoms with Crippen molar-refractivity contribution in [1.29, 1.82) is 11.1 Å². The van der Waals surface area contributed by atoms with Gasteiger partial charge in [-0.3, -0.25) is 4.99 Å². The molecule has 4 aliphatic rings. The number of benzene rings is 5. The average molecular weight is 892 g/mol. The second kappa shape index (κ2) is 20.7. The van der Waals surface area contributed by atoms with Crippen LogP contribution in [-0.2, 0) is 19.9 Å². The van der Waals surface area contributed by atoms with Crippen molar-refractivity contribution in [3.63, 3.8) is 0 Å². The van der Waals surface area contributed by atoms with Gasteiger partial charge in [0.05, 0.1) is 17.8 Å². The molecule has 1 aliphatic heterocycles. The second-order valence-corrected chi connectivity index (χ2v) is 17.3. The number of para-hydroxylation sites is 2. The van der Waals surface area contributed by atoms with E-state index in [-0.39, 0.29) is 0 Å². The maximum atomic E-state index is 5.00. The largest absolute Gasteiger partial charge is 0.347 e. The van der Waals surface area contributed by atoms with Crippen molar-refractivity contribution in [3.8, 4) is 27.9 Å². The van der Waals surface area contributed by atoms with E-state index in [1.165, 1.54) is 92.9 Å². The van der Waals surface area contributed by atoms with Crippen LogP contribution in [0.3, 0.4) is 0 Å². The van der Waals surface area contributed by atoms with Crippen molar-refractivity contribution in [3.05, 3.63) is 221 Å². The number of aryl methyl sites for hydroxylation is 2. The van der Waals surface area contributed by atoms with Gasteiger partial charge in [-0.25, -0.2) is 11.1 Å². The van der Waals surface area contributed by atoms with Gasteiger partial charge in [-0.05, 0) is 107 Å². The van der Waals surface area contributed by atoms with E-state index in [1.807, 2.05) is 62.6 Å². The number of hydrogen-bond acceptors (Lipinski definition) is 4. The number of aliphatic imine (C=N–C) groups is 1. The summed E-state index contributed by atoms with van der Waals surface area (Å²) in [4.78, 5) is 7.13. The first kappa shape index (κ1) is 45.9. The molecule has 12 rings (SSSR count). The maximum Gasteiger partial charge on any atom is 0.0654 e. The number of nitrogens with zero attached hydrogens (tertiary/aromatic N) is 3. The summed E-state index contributed by atoms with van der Waals surface area (Å²) < 4.78 is 4.72. The van der Waals surface area contributed by atoms with Gasteiger partial charge in [0.2, 0.25) is 0 Å². The summed E-state index contributed by atoms with van der Waals surface area (Å²) in [5.74, 6) is 0.542. The third kappa shape index (κ3) is 8.53. The fraction of sp³-hybridized carbons (Fsp3) is 0.131. The zero-order valence-corrected chi connectivity index (χ0v) is 39.7. The molecule has 332 valence electrons. The van der Waals surface area contributed by atoms with Crippen LogP contribution in [0.2, 0.25) is 0 Å². The number of rotatable bonds is 7. The van der Waals surface area contributed by atoms with E-state index in [1.54, 1.807) is 6.08 Å². The Morgan fingerprint density at radius 1 is 0.746 bits per heavy atom. The quantitative estimate of drug-likeness (QED) is 0.118. The Labute approximate surface area is 399 Å². The summed E-state index contributed by atoms with van der Waals surface area (Å²) in [6, 6.07) is 46.1. The van der Waals surface area contributed by atoms with Crippen molar-refractivity contribution >= 4 is 74.3 Å². The van der Waals surface area contributed by atoms with E-state index in [9.17, 15) is 0 Å². The topological polar surface area (TPSA) is 69.9 Å². The van der Waals surface area contributed by atoms with Crippen LogP contribution in [0.15, 0.2) is 183 Å². The number of fused-ring (bicyclic) bond motifs is 9. The molecular weight excluding hydrogens is 835 g/mol. The Bertz CT molecular complexity index is 3290. The zero-order valence-electron chi connectivity index (χ0n) is 38.9. The van der Waals surface area contributed by atoms with Crippen molar-refractivity contribution in [2.75, 3.05) is 6.54 Å². The molecule has 1 atom stereocenters. The number of allylic oxidation sites excluding steroid dienone is 7. The molecule has 0 saturated heterocycles. The molecule has 3 aliphatic carbocycles. The molecular formula is C61H57N5S. The lowest BCUT2D eigenvalue weighted by Crippen LogP contribution is -2.06. The predicted molar refractivity (Wildman–Crippen MR) is 291 cm³/mol. The molecule has 0 amide bonds. The highest BCUT2D eigenvalue weighted by atomic mass is 32.1. The van der Waals surface area contributed by atoms with Crippen LogP contribution in [0.25, 0.3) is 84.7 Å². The lowest BCUT2D eigenvalue weighted by molar-refractivity contribution is 0.812. The average Bonchev–Trinajstić information content (AvgIpc) is 3.83. The number of aromatic nitrogens is 2. The standard InChI is InChI=1S/C35H28N2.C19H13NS.C5H8.C2H6.H2N2/c1-4-26-29-17-11-16-28(35(29)37(31(26)5-2)25-13-7-6-8-14-25)24-19-20-32-30(22-24)34-27-15-10-9-12-23(27)18-21-33(34)36(32)3;1-2-4-12(5-3-1)17-15-7-6-13-10-16(14-8-9-20-11-14)21-19(13)18(15)17;1-3-5-4-2;2*1-2/h4-17,19-20,22H,1-2,18,21H2,3H3;1-10,15H,11H2;3-5H,1H2,2H3;1-2H3;1-2H/b;;5-4-;;. The number of thiophene rings is 1. The molecule has 0 spiro atoms. The minimum Gasteiger partial charge on any atom is -0.347 e. The van der Waals surface area contributed by atoms with Crippen LogP contribution in [0, 0.1) is 17.0 Å². The Morgan fingerprint density at radius 3 is 2.16 bits per heavy atom. The lowest BCUT2D eigenvalue weighted by Gasteiger charge is -2.18. The van der Waals surface area contributed by atoms with E-state index < -0.39 is 0 Å². The molecule has 0 saturated carbocycles. The summed E-state index contributed by atoms with van der Waals surface area (Å²) in [7, 11) is 2.21. The third-order valence-electron chi connectivity index (χ3n) is 12.7. The molecule has 4 heterocycles. The highest BCUT2D eigenvalue weighted by molar-refractivity contribution is 7.14. The number of hydrogen-bond donors (Lipinski definition) is 2. The first-order valence-corrected chi connectivity index (χ1v) is 23.8. The van der Waals surface area contributed by atoms with Crippen molar-refractivity contribution in [2.24, 2.45) is 18.0 Å². The molecule has 2 N–H and O–H groups in total. The molecule has 0 radical (unpaired) electrons. The highest BCUT2D eigenvalue weighted by Gasteiger charge is 2.40. The molecule has 3 aromatic heterocycles. The van der Waals surface area contributed by atoms with E-state index in [0.717, 1.165) is 36.3 Å². The van der Waals surface area contributed by atoms with Crippen LogP contribution in [0.1, 0.15) is 64.2 Å². The van der Waals surface area contributed by atoms with E-state index >= 15 is 0 Å². The molecule has 8 aromatic rings. The van der Waals surface area contributed by atoms with Gasteiger partial charge in [-0.2, -0.15) is 0 Å². The fourth-order valence-corrected chi connectivity index (χ4v) is 11.0. The Morgan fingerprint density at radius 2 is 1.48 bits per heavy atom. The fourth-order valence-electron chi connectivity index (χ4n) is 9.76. The first-order chi connectivity index (χ1) is 33.0. The van der Waals surface area contributed by atoms with E-state index in [4.69, 9.17) is 11.1 Å². The van der Waals surface area contributed by atoms with Gasteiger partial charge in [0.15, 0.2) is 0 Å². The maximum absolute atomic E-state index is 5.00. The SMILES string of the molecule is C1=CC2C(c3ccccc3)=C2c2sc(C3=CC=NC3)cc21.C=C/C=C\C.C=Cc1c(C=C)n(-c2ccccc2)c2c(-c3ccc4c(c3)c3c(n4C)CCc4ccccc4-3)cccc12.CC.N=N. The van der Waals surface area contributed by atoms with Crippen molar-refractivity contribution in [1.82, 2.24) is 9.13 Å². The molecule has 1 unspecified atom stereocenters.